The fourth-order valence-corrected chi connectivity index (χ4v) is 3.14. The summed E-state index contributed by atoms with van der Waals surface area (Å²) >= 11 is 0. The van der Waals surface area contributed by atoms with Gasteiger partial charge in [0, 0.05) is 11.3 Å². The molecule has 122 valence electrons. The van der Waals surface area contributed by atoms with Crippen LogP contribution >= 0.6 is 0 Å². The van der Waals surface area contributed by atoms with Crippen LogP contribution in [0.2, 0.25) is 0 Å². The van der Waals surface area contributed by atoms with E-state index < -0.39 is 7.12 Å². The fourth-order valence-electron chi connectivity index (χ4n) is 3.14. The molecule has 1 aliphatic rings. The van der Waals surface area contributed by atoms with Crippen molar-refractivity contribution in [2.24, 2.45) is 0 Å². The van der Waals surface area contributed by atoms with E-state index in [1.807, 2.05) is 83.5 Å². The second kappa shape index (κ2) is 6.55. The molecule has 3 aromatic rings. The third kappa shape index (κ3) is 2.84. The summed E-state index contributed by atoms with van der Waals surface area (Å²) in [5.41, 5.74) is 4.06. The minimum Gasteiger partial charge on any atom is -0.423 e. The van der Waals surface area contributed by atoms with Gasteiger partial charge in [-0.3, -0.25) is 4.57 Å². The Kier molecular flexibility index (Phi) is 4.10. The number of allylic oxidation sites excluding steroid dienone is 6. The Morgan fingerprint density at radius 1 is 0.920 bits per heavy atom. The van der Waals surface area contributed by atoms with Gasteiger partial charge in [0.25, 0.3) is 0 Å². The predicted molar refractivity (Wildman–Crippen MR) is 101 cm³/mol. The maximum Gasteiger partial charge on any atom is 0.486 e. The number of nitrogens with zero attached hydrogens (tertiary/aromatic N) is 2. The van der Waals surface area contributed by atoms with Crippen molar-refractivity contribution in [2.45, 2.75) is 6.42 Å². The Labute approximate surface area is 146 Å². The van der Waals surface area contributed by atoms with E-state index in [1.165, 1.54) is 0 Å². The molecule has 0 saturated carbocycles. The first kappa shape index (κ1) is 15.6. The van der Waals surface area contributed by atoms with Gasteiger partial charge in [-0.05, 0) is 30.1 Å². The molecule has 1 aromatic heterocycles. The third-order valence-electron chi connectivity index (χ3n) is 4.31. The molecular weight excluding hydrogens is 311 g/mol. The van der Waals surface area contributed by atoms with Gasteiger partial charge in [0.15, 0.2) is 0 Å². The molecule has 0 amide bonds. The number of benzene rings is 2. The number of aromatic nitrogens is 2. The van der Waals surface area contributed by atoms with E-state index in [0.717, 1.165) is 28.1 Å². The molecule has 4 nitrogen and oxygen atoms in total. The Balaban J connectivity index is 2.06. The van der Waals surface area contributed by atoms with Crippen molar-refractivity contribution < 1.29 is 10.0 Å². The van der Waals surface area contributed by atoms with Crippen LogP contribution in [0.15, 0.2) is 84.4 Å². The SMILES string of the molecule is OB(O)C1=C(n2c(-c3ccccc3)nc3ccccc32)C=CC=CC1. The topological polar surface area (TPSA) is 58.3 Å². The normalized spacial score (nSPS) is 14.2. The Hall–Kier alpha value is -2.89. The average molecular weight is 328 g/mol. The molecule has 1 heterocycles. The van der Waals surface area contributed by atoms with Crippen LogP contribution in [-0.2, 0) is 0 Å². The maximum atomic E-state index is 9.90. The molecule has 1 aliphatic carbocycles. The van der Waals surface area contributed by atoms with Crippen LogP contribution in [0.1, 0.15) is 6.42 Å². The first-order chi connectivity index (χ1) is 12.3. The van der Waals surface area contributed by atoms with E-state index in [2.05, 4.69) is 0 Å². The van der Waals surface area contributed by atoms with Gasteiger partial charge in [-0.25, -0.2) is 4.98 Å². The molecular formula is C20H17BN2O2. The Morgan fingerprint density at radius 2 is 1.68 bits per heavy atom. The minimum absolute atomic E-state index is 0.473. The summed E-state index contributed by atoms with van der Waals surface area (Å²) in [7, 11) is -1.52. The highest BCUT2D eigenvalue weighted by Crippen LogP contribution is 2.31. The number of para-hydroxylation sites is 2. The standard InChI is InChI=1S/C20H17BN2O2/c24-21(25)16-11-5-2-6-13-18(16)23-19-14-8-7-12-17(19)22-20(23)15-9-3-1-4-10-15/h1-10,12-14,24-25H,11H2. The lowest BCUT2D eigenvalue weighted by atomic mass is 9.76. The highest BCUT2D eigenvalue weighted by molar-refractivity contribution is 6.52. The number of imidazole rings is 1. The van der Waals surface area contributed by atoms with E-state index >= 15 is 0 Å². The zero-order chi connectivity index (χ0) is 17.2. The van der Waals surface area contributed by atoms with Crippen molar-refractivity contribution in [2.75, 3.05) is 0 Å². The molecule has 0 bridgehead atoms. The predicted octanol–water partition coefficient (Wildman–Crippen LogP) is 3.44. The highest BCUT2D eigenvalue weighted by atomic mass is 16.4. The van der Waals surface area contributed by atoms with Crippen molar-refractivity contribution in [3.63, 3.8) is 0 Å². The van der Waals surface area contributed by atoms with Crippen LogP contribution in [0, 0.1) is 0 Å². The van der Waals surface area contributed by atoms with Gasteiger partial charge in [0.2, 0.25) is 0 Å². The van der Waals surface area contributed by atoms with Gasteiger partial charge in [0.05, 0.1) is 11.0 Å². The zero-order valence-electron chi connectivity index (χ0n) is 13.6. The fraction of sp³-hybridized carbons (Fsp3) is 0.0500. The lowest BCUT2D eigenvalue weighted by Gasteiger charge is -2.15. The molecule has 0 atom stereocenters. The van der Waals surface area contributed by atoms with Crippen LogP contribution in [0.25, 0.3) is 28.1 Å². The minimum atomic E-state index is -1.52. The molecule has 5 heteroatoms. The van der Waals surface area contributed by atoms with Gasteiger partial charge in [-0.2, -0.15) is 0 Å². The van der Waals surface area contributed by atoms with E-state index in [4.69, 9.17) is 4.98 Å². The summed E-state index contributed by atoms with van der Waals surface area (Å²) in [6, 6.07) is 17.8. The Morgan fingerprint density at radius 3 is 2.48 bits per heavy atom. The van der Waals surface area contributed by atoms with Gasteiger partial charge in [-0.15, -0.1) is 0 Å². The zero-order valence-corrected chi connectivity index (χ0v) is 13.6. The summed E-state index contributed by atoms with van der Waals surface area (Å²) in [4.78, 5) is 4.79. The number of hydrogen-bond donors (Lipinski definition) is 2. The summed E-state index contributed by atoms with van der Waals surface area (Å²) < 4.78 is 2.00. The summed E-state index contributed by atoms with van der Waals surface area (Å²) in [5.74, 6) is 0.779. The maximum absolute atomic E-state index is 9.90. The molecule has 0 unspecified atom stereocenters. The van der Waals surface area contributed by atoms with Gasteiger partial charge in [0.1, 0.15) is 5.82 Å². The molecule has 2 aromatic carbocycles. The van der Waals surface area contributed by atoms with Crippen LogP contribution in [0.4, 0.5) is 0 Å². The van der Waals surface area contributed by atoms with E-state index in [0.29, 0.717) is 11.9 Å². The van der Waals surface area contributed by atoms with Gasteiger partial charge < -0.3 is 10.0 Å². The first-order valence-corrected chi connectivity index (χ1v) is 8.21. The average Bonchev–Trinajstić information content (AvgIpc) is 2.84. The Bertz CT molecular complexity index is 1000. The molecule has 25 heavy (non-hydrogen) atoms. The van der Waals surface area contributed by atoms with Gasteiger partial charge >= 0.3 is 7.12 Å². The lowest BCUT2D eigenvalue weighted by molar-refractivity contribution is 0.418. The summed E-state index contributed by atoms with van der Waals surface area (Å²) in [6.07, 6.45) is 8.12. The van der Waals surface area contributed by atoms with Gasteiger partial charge in [-0.1, -0.05) is 60.7 Å². The van der Waals surface area contributed by atoms with Crippen molar-refractivity contribution in [1.82, 2.24) is 9.55 Å². The quantitative estimate of drug-likeness (QED) is 0.724. The molecule has 4 rings (SSSR count). The van der Waals surface area contributed by atoms with Crippen molar-refractivity contribution >= 4 is 23.8 Å². The van der Waals surface area contributed by atoms with Crippen LogP contribution in [0.5, 0.6) is 0 Å². The molecule has 0 radical (unpaired) electrons. The molecule has 0 saturated heterocycles. The van der Waals surface area contributed by atoms with Crippen LogP contribution < -0.4 is 0 Å². The number of rotatable bonds is 3. The smallest absolute Gasteiger partial charge is 0.423 e. The number of fused-ring (bicyclic) bond motifs is 1. The first-order valence-electron chi connectivity index (χ1n) is 8.21. The number of hydrogen-bond acceptors (Lipinski definition) is 3. The summed E-state index contributed by atoms with van der Waals surface area (Å²) in [6.45, 7) is 0. The van der Waals surface area contributed by atoms with Crippen LogP contribution in [0.3, 0.4) is 0 Å². The molecule has 0 aliphatic heterocycles. The van der Waals surface area contributed by atoms with Crippen molar-refractivity contribution in [3.05, 3.63) is 84.4 Å². The van der Waals surface area contributed by atoms with Crippen molar-refractivity contribution in [1.29, 1.82) is 0 Å². The monoisotopic (exact) mass is 328 g/mol. The largest absolute Gasteiger partial charge is 0.486 e. The summed E-state index contributed by atoms with van der Waals surface area (Å²) in [5, 5.41) is 19.8. The second-order valence-corrected chi connectivity index (χ2v) is 5.90. The molecule has 2 N–H and O–H groups in total. The second-order valence-electron chi connectivity index (χ2n) is 5.90. The van der Waals surface area contributed by atoms with Crippen LogP contribution in [-0.4, -0.2) is 26.7 Å². The van der Waals surface area contributed by atoms with E-state index in [1.54, 1.807) is 0 Å². The van der Waals surface area contributed by atoms with E-state index in [9.17, 15) is 10.0 Å². The molecule has 0 spiro atoms. The molecule has 0 fully saturated rings. The van der Waals surface area contributed by atoms with Crippen molar-refractivity contribution in [3.8, 4) is 11.4 Å². The van der Waals surface area contributed by atoms with E-state index in [-0.39, 0.29) is 0 Å². The lowest BCUT2D eigenvalue weighted by Crippen LogP contribution is -2.18. The third-order valence-corrected chi connectivity index (χ3v) is 4.31. The highest BCUT2D eigenvalue weighted by Gasteiger charge is 2.23.